The Bertz CT molecular complexity index is 728. The topological polar surface area (TPSA) is 32.8 Å². The Morgan fingerprint density at radius 1 is 1.08 bits per heavy atom. The number of para-hydroxylation sites is 1. The summed E-state index contributed by atoms with van der Waals surface area (Å²) in [6, 6.07) is 15.9. The molecular weight excluding hydrogens is 336 g/mol. The van der Waals surface area contributed by atoms with Crippen molar-refractivity contribution >= 4 is 23.2 Å². The minimum Gasteiger partial charge on any atom is -0.479 e. The van der Waals surface area contributed by atoms with Gasteiger partial charge in [0.15, 0.2) is 6.10 Å². The van der Waals surface area contributed by atoms with Gasteiger partial charge in [-0.1, -0.05) is 35.9 Å². The van der Waals surface area contributed by atoms with Crippen molar-refractivity contribution in [3.8, 4) is 5.75 Å². The molecule has 0 N–H and O–H groups in total. The fourth-order valence-corrected chi connectivity index (χ4v) is 3.18. The molecule has 0 aliphatic carbocycles. The summed E-state index contributed by atoms with van der Waals surface area (Å²) >= 11 is 6.16. The molecule has 1 saturated heterocycles. The van der Waals surface area contributed by atoms with E-state index in [9.17, 15) is 4.79 Å². The fraction of sp³-hybridized carbons (Fsp3) is 0.350. The molecule has 1 atom stereocenters. The first-order chi connectivity index (χ1) is 12.0. The van der Waals surface area contributed by atoms with E-state index in [2.05, 4.69) is 17.0 Å². The maximum atomic E-state index is 12.7. The lowest BCUT2D eigenvalue weighted by atomic mass is 10.2. The van der Waals surface area contributed by atoms with E-state index in [-0.39, 0.29) is 5.91 Å². The van der Waals surface area contributed by atoms with Crippen molar-refractivity contribution in [1.82, 2.24) is 4.90 Å². The Labute approximate surface area is 154 Å². The average Bonchev–Trinajstić information content (AvgIpc) is 2.65. The molecular formula is C20H23ClN2O2. The Morgan fingerprint density at radius 2 is 1.76 bits per heavy atom. The van der Waals surface area contributed by atoms with Crippen molar-refractivity contribution in [3.05, 3.63) is 59.1 Å². The SMILES string of the molecule is Cc1ccc(Cl)c(O[C@H](C)C(=O)N2CCN(c3ccccc3)CC2)c1. The first-order valence-electron chi connectivity index (χ1n) is 8.56. The van der Waals surface area contributed by atoms with E-state index in [0.717, 1.165) is 18.7 Å². The molecule has 5 heteroatoms. The van der Waals surface area contributed by atoms with E-state index in [4.69, 9.17) is 16.3 Å². The summed E-state index contributed by atoms with van der Waals surface area (Å²) in [7, 11) is 0. The predicted molar refractivity (Wildman–Crippen MR) is 102 cm³/mol. The van der Waals surface area contributed by atoms with E-state index in [0.29, 0.717) is 23.9 Å². The van der Waals surface area contributed by atoms with Crippen LogP contribution in [0.25, 0.3) is 0 Å². The monoisotopic (exact) mass is 358 g/mol. The molecule has 2 aromatic rings. The van der Waals surface area contributed by atoms with Crippen molar-refractivity contribution in [2.45, 2.75) is 20.0 Å². The molecule has 0 bridgehead atoms. The predicted octanol–water partition coefficient (Wildman–Crippen LogP) is 3.76. The molecule has 2 aromatic carbocycles. The number of anilines is 1. The Hall–Kier alpha value is -2.20. The molecule has 0 spiro atoms. The highest BCUT2D eigenvalue weighted by atomic mass is 35.5. The second kappa shape index (κ2) is 7.79. The molecule has 0 saturated carbocycles. The summed E-state index contributed by atoms with van der Waals surface area (Å²) < 4.78 is 5.82. The van der Waals surface area contributed by atoms with Gasteiger partial charge in [0, 0.05) is 31.9 Å². The summed E-state index contributed by atoms with van der Waals surface area (Å²) in [4.78, 5) is 16.8. The highest BCUT2D eigenvalue weighted by molar-refractivity contribution is 6.32. The number of hydrogen-bond donors (Lipinski definition) is 0. The van der Waals surface area contributed by atoms with Crippen molar-refractivity contribution in [3.63, 3.8) is 0 Å². The van der Waals surface area contributed by atoms with Crippen LogP contribution in [0.2, 0.25) is 5.02 Å². The largest absolute Gasteiger partial charge is 0.479 e. The molecule has 1 heterocycles. The third-order valence-electron chi connectivity index (χ3n) is 4.45. The van der Waals surface area contributed by atoms with Gasteiger partial charge in [0.25, 0.3) is 5.91 Å². The summed E-state index contributed by atoms with van der Waals surface area (Å²) in [5.74, 6) is 0.565. The normalized spacial score (nSPS) is 15.8. The van der Waals surface area contributed by atoms with Gasteiger partial charge in [-0.25, -0.2) is 0 Å². The number of aryl methyl sites for hydroxylation is 1. The number of benzene rings is 2. The van der Waals surface area contributed by atoms with Gasteiger partial charge in [0.05, 0.1) is 5.02 Å². The van der Waals surface area contributed by atoms with Gasteiger partial charge >= 0.3 is 0 Å². The van der Waals surface area contributed by atoms with Gasteiger partial charge in [-0.05, 0) is 43.7 Å². The quantitative estimate of drug-likeness (QED) is 0.834. The second-order valence-electron chi connectivity index (χ2n) is 6.34. The maximum Gasteiger partial charge on any atom is 0.263 e. The van der Waals surface area contributed by atoms with Crippen LogP contribution in [0.4, 0.5) is 5.69 Å². The number of hydrogen-bond acceptors (Lipinski definition) is 3. The minimum atomic E-state index is -0.553. The molecule has 1 amide bonds. The number of nitrogens with zero attached hydrogens (tertiary/aromatic N) is 2. The van der Waals surface area contributed by atoms with E-state index >= 15 is 0 Å². The Balaban J connectivity index is 1.57. The van der Waals surface area contributed by atoms with Crippen molar-refractivity contribution in [1.29, 1.82) is 0 Å². The number of carbonyl (C=O) groups excluding carboxylic acids is 1. The van der Waals surface area contributed by atoms with Crippen LogP contribution < -0.4 is 9.64 Å². The van der Waals surface area contributed by atoms with Gasteiger partial charge < -0.3 is 14.5 Å². The van der Waals surface area contributed by atoms with Crippen LogP contribution in [0.15, 0.2) is 48.5 Å². The first kappa shape index (κ1) is 17.6. The summed E-state index contributed by atoms with van der Waals surface area (Å²) in [6.45, 7) is 6.80. The van der Waals surface area contributed by atoms with Crippen molar-refractivity contribution in [2.75, 3.05) is 31.1 Å². The number of piperazine rings is 1. The van der Waals surface area contributed by atoms with E-state index < -0.39 is 6.10 Å². The first-order valence-corrected chi connectivity index (χ1v) is 8.94. The molecule has 1 aliphatic rings. The van der Waals surface area contributed by atoms with E-state index in [1.54, 1.807) is 13.0 Å². The smallest absolute Gasteiger partial charge is 0.263 e. The van der Waals surface area contributed by atoms with Gasteiger partial charge in [-0.2, -0.15) is 0 Å². The highest BCUT2D eigenvalue weighted by Crippen LogP contribution is 2.26. The fourth-order valence-electron chi connectivity index (χ4n) is 3.02. The third-order valence-corrected chi connectivity index (χ3v) is 4.76. The van der Waals surface area contributed by atoms with Crippen LogP contribution in [-0.4, -0.2) is 43.1 Å². The molecule has 132 valence electrons. The lowest BCUT2D eigenvalue weighted by molar-refractivity contribution is -0.138. The number of amides is 1. The lowest BCUT2D eigenvalue weighted by Crippen LogP contribution is -2.52. The van der Waals surface area contributed by atoms with Crippen LogP contribution >= 0.6 is 11.6 Å². The van der Waals surface area contributed by atoms with Crippen LogP contribution in [0, 0.1) is 6.92 Å². The molecule has 0 unspecified atom stereocenters. The zero-order valence-corrected chi connectivity index (χ0v) is 15.4. The van der Waals surface area contributed by atoms with Crippen LogP contribution in [0.1, 0.15) is 12.5 Å². The minimum absolute atomic E-state index is 0.00489. The van der Waals surface area contributed by atoms with Crippen molar-refractivity contribution < 1.29 is 9.53 Å². The van der Waals surface area contributed by atoms with Gasteiger partial charge in [0.1, 0.15) is 5.75 Å². The highest BCUT2D eigenvalue weighted by Gasteiger charge is 2.26. The van der Waals surface area contributed by atoms with Crippen LogP contribution in [-0.2, 0) is 4.79 Å². The average molecular weight is 359 g/mol. The number of carbonyl (C=O) groups is 1. The van der Waals surface area contributed by atoms with Gasteiger partial charge in [-0.3, -0.25) is 4.79 Å². The summed E-state index contributed by atoms with van der Waals surface area (Å²) in [5, 5.41) is 0.527. The second-order valence-corrected chi connectivity index (χ2v) is 6.75. The number of halogens is 1. The molecule has 4 nitrogen and oxygen atoms in total. The van der Waals surface area contributed by atoms with Crippen molar-refractivity contribution in [2.24, 2.45) is 0 Å². The van der Waals surface area contributed by atoms with Crippen LogP contribution in [0.3, 0.4) is 0 Å². The number of rotatable bonds is 4. The zero-order chi connectivity index (χ0) is 17.8. The molecule has 0 radical (unpaired) electrons. The number of ether oxygens (including phenoxy) is 1. The molecule has 3 rings (SSSR count). The zero-order valence-electron chi connectivity index (χ0n) is 14.6. The van der Waals surface area contributed by atoms with Gasteiger partial charge in [-0.15, -0.1) is 0 Å². The lowest BCUT2D eigenvalue weighted by Gasteiger charge is -2.37. The molecule has 1 aliphatic heterocycles. The van der Waals surface area contributed by atoms with E-state index in [1.807, 2.05) is 42.2 Å². The summed E-state index contributed by atoms with van der Waals surface area (Å²) in [6.07, 6.45) is -0.553. The summed E-state index contributed by atoms with van der Waals surface area (Å²) in [5.41, 5.74) is 2.25. The molecule has 1 fully saturated rings. The molecule has 25 heavy (non-hydrogen) atoms. The van der Waals surface area contributed by atoms with E-state index in [1.165, 1.54) is 5.69 Å². The standard InChI is InChI=1S/C20H23ClN2O2/c1-15-8-9-18(21)19(14-15)25-16(2)20(24)23-12-10-22(11-13-23)17-6-4-3-5-7-17/h3-9,14,16H,10-13H2,1-2H3/t16-/m1/s1. The third kappa shape index (κ3) is 4.26. The Kier molecular flexibility index (Phi) is 5.49. The van der Waals surface area contributed by atoms with Crippen LogP contribution in [0.5, 0.6) is 5.75 Å². The Morgan fingerprint density at radius 3 is 2.44 bits per heavy atom. The maximum absolute atomic E-state index is 12.7. The molecule has 0 aromatic heterocycles. The van der Waals surface area contributed by atoms with Gasteiger partial charge in [0.2, 0.25) is 0 Å².